The van der Waals surface area contributed by atoms with E-state index in [1.807, 2.05) is 42.5 Å². The molecule has 2 aromatic heterocycles. The molecule has 2 N–H and O–H groups in total. The molecular weight excluding hydrogens is 448 g/mol. The van der Waals surface area contributed by atoms with Gasteiger partial charge in [-0.05, 0) is 75.6 Å². The lowest BCUT2D eigenvalue weighted by atomic mass is 9.98. The molecule has 4 heterocycles. The molecule has 0 bridgehead atoms. The molecule has 0 spiro atoms. The van der Waals surface area contributed by atoms with Gasteiger partial charge in [-0.15, -0.1) is 0 Å². The van der Waals surface area contributed by atoms with Gasteiger partial charge in [0.2, 0.25) is 0 Å². The maximum atomic E-state index is 6.40. The number of fused-ring (bicyclic) bond motifs is 1. The quantitative estimate of drug-likeness (QED) is 0.421. The molecule has 0 radical (unpaired) electrons. The number of anilines is 1. The van der Waals surface area contributed by atoms with Crippen LogP contribution in [0, 0.1) is 0 Å². The Balaban J connectivity index is 1.24. The number of para-hydroxylation sites is 1. The minimum absolute atomic E-state index is 0.416. The van der Waals surface area contributed by atoms with Crippen LogP contribution in [0.2, 0.25) is 0 Å². The topological polar surface area (TPSA) is 72.4 Å². The summed E-state index contributed by atoms with van der Waals surface area (Å²) in [5.41, 5.74) is 9.49. The van der Waals surface area contributed by atoms with E-state index in [4.69, 9.17) is 10.5 Å². The van der Waals surface area contributed by atoms with E-state index in [2.05, 4.69) is 49.7 Å². The Morgan fingerprint density at radius 3 is 2.19 bits per heavy atom. The number of nitrogen functional groups attached to an aromatic ring is 1. The van der Waals surface area contributed by atoms with Crippen molar-refractivity contribution in [1.29, 1.82) is 0 Å². The van der Waals surface area contributed by atoms with Crippen molar-refractivity contribution >= 4 is 16.9 Å². The Kier molecular flexibility index (Phi) is 6.34. The average molecular weight is 483 g/mol. The number of nitrogens with zero attached hydrogens (tertiary/aromatic N) is 5. The molecule has 0 saturated carbocycles. The minimum Gasteiger partial charge on any atom is -0.457 e. The summed E-state index contributed by atoms with van der Waals surface area (Å²) in [6, 6.07) is 19.2. The highest BCUT2D eigenvalue weighted by Gasteiger charge is 2.29. The van der Waals surface area contributed by atoms with Crippen molar-refractivity contribution in [3.63, 3.8) is 0 Å². The van der Waals surface area contributed by atoms with Crippen molar-refractivity contribution in [2.24, 2.45) is 0 Å². The van der Waals surface area contributed by atoms with Crippen LogP contribution in [0.4, 0.5) is 5.82 Å². The number of likely N-dealkylation sites (tertiary alicyclic amines) is 2. The molecule has 0 aliphatic carbocycles. The first-order valence-corrected chi connectivity index (χ1v) is 13.0. The number of hydrogen-bond donors (Lipinski definition) is 1. The van der Waals surface area contributed by atoms with E-state index >= 15 is 0 Å². The zero-order chi connectivity index (χ0) is 24.5. The maximum Gasteiger partial charge on any atom is 0.146 e. The van der Waals surface area contributed by atoms with Crippen LogP contribution in [0.15, 0.2) is 67.1 Å². The third-order valence-corrected chi connectivity index (χ3v) is 7.88. The van der Waals surface area contributed by atoms with E-state index in [0.717, 1.165) is 65.6 Å². The van der Waals surface area contributed by atoms with Crippen LogP contribution >= 0.6 is 0 Å². The molecule has 2 aliphatic rings. The predicted molar refractivity (Wildman–Crippen MR) is 144 cm³/mol. The lowest BCUT2D eigenvalue weighted by molar-refractivity contribution is 0.0879. The van der Waals surface area contributed by atoms with Gasteiger partial charge in [-0.2, -0.15) is 0 Å². The van der Waals surface area contributed by atoms with Gasteiger partial charge in [-0.3, -0.25) is 0 Å². The minimum atomic E-state index is 0.416. The number of rotatable bonds is 5. The van der Waals surface area contributed by atoms with Crippen molar-refractivity contribution in [3.05, 3.63) is 67.1 Å². The zero-order valence-electron chi connectivity index (χ0n) is 20.9. The van der Waals surface area contributed by atoms with Crippen LogP contribution in [0.5, 0.6) is 11.5 Å². The summed E-state index contributed by atoms with van der Waals surface area (Å²) < 4.78 is 8.34. The van der Waals surface area contributed by atoms with Crippen LogP contribution < -0.4 is 10.5 Å². The fourth-order valence-corrected chi connectivity index (χ4v) is 5.82. The van der Waals surface area contributed by atoms with Gasteiger partial charge in [0.25, 0.3) is 0 Å². The van der Waals surface area contributed by atoms with Crippen molar-refractivity contribution in [1.82, 2.24) is 24.3 Å². The van der Waals surface area contributed by atoms with Crippen LogP contribution in [0.25, 0.3) is 22.2 Å². The first-order valence-electron chi connectivity index (χ1n) is 13.0. The molecule has 4 aromatic rings. The second kappa shape index (κ2) is 9.91. The van der Waals surface area contributed by atoms with E-state index in [9.17, 15) is 0 Å². The van der Waals surface area contributed by atoms with Crippen molar-refractivity contribution in [3.8, 4) is 22.6 Å². The SMILES string of the molecule is CN1CCC(N2CCC(n3cc(-c4ccc(Oc5ccccc5)cc4)c4c(N)ncnc43)CC2)CC1. The van der Waals surface area contributed by atoms with E-state index in [1.54, 1.807) is 6.33 Å². The summed E-state index contributed by atoms with van der Waals surface area (Å²) in [4.78, 5) is 14.2. The van der Waals surface area contributed by atoms with Crippen molar-refractivity contribution < 1.29 is 4.74 Å². The fourth-order valence-electron chi connectivity index (χ4n) is 5.82. The smallest absolute Gasteiger partial charge is 0.146 e. The molecule has 7 nitrogen and oxygen atoms in total. The summed E-state index contributed by atoms with van der Waals surface area (Å²) in [6.45, 7) is 4.70. The van der Waals surface area contributed by atoms with Crippen LogP contribution in [-0.2, 0) is 0 Å². The monoisotopic (exact) mass is 482 g/mol. The van der Waals surface area contributed by atoms with Gasteiger partial charge in [0.15, 0.2) is 0 Å². The van der Waals surface area contributed by atoms with E-state index in [1.165, 1.54) is 25.9 Å². The van der Waals surface area contributed by atoms with Gasteiger partial charge in [0.1, 0.15) is 29.3 Å². The van der Waals surface area contributed by atoms with Crippen LogP contribution in [0.1, 0.15) is 31.7 Å². The predicted octanol–water partition coefficient (Wildman–Crippen LogP) is 5.20. The van der Waals surface area contributed by atoms with Crippen molar-refractivity contribution in [2.45, 2.75) is 37.8 Å². The summed E-state index contributed by atoms with van der Waals surface area (Å²) in [5.74, 6) is 2.16. The third-order valence-electron chi connectivity index (χ3n) is 7.88. The van der Waals surface area contributed by atoms with Gasteiger partial charge in [0.05, 0.1) is 5.39 Å². The Labute approximate surface area is 212 Å². The molecule has 36 heavy (non-hydrogen) atoms. The highest BCUT2D eigenvalue weighted by molar-refractivity contribution is 6.00. The molecule has 0 unspecified atom stereocenters. The molecule has 2 aromatic carbocycles. The second-order valence-corrected chi connectivity index (χ2v) is 10.1. The number of aromatic nitrogens is 3. The van der Waals surface area contributed by atoms with E-state index < -0.39 is 0 Å². The van der Waals surface area contributed by atoms with Crippen LogP contribution in [0.3, 0.4) is 0 Å². The molecular formula is C29H34N6O. The Hall–Kier alpha value is -3.42. The Bertz CT molecular complexity index is 1300. The fraction of sp³-hybridized carbons (Fsp3) is 0.379. The third kappa shape index (κ3) is 4.56. The highest BCUT2D eigenvalue weighted by atomic mass is 16.5. The van der Waals surface area contributed by atoms with Crippen molar-refractivity contribution in [2.75, 3.05) is 39.0 Å². The Morgan fingerprint density at radius 1 is 0.806 bits per heavy atom. The summed E-state index contributed by atoms with van der Waals surface area (Å²) in [6.07, 6.45) is 8.64. The first-order chi connectivity index (χ1) is 17.7. The molecule has 2 aliphatic heterocycles. The number of ether oxygens (including phenoxy) is 1. The molecule has 186 valence electrons. The molecule has 2 saturated heterocycles. The van der Waals surface area contributed by atoms with Gasteiger partial charge >= 0.3 is 0 Å². The lowest BCUT2D eigenvalue weighted by Crippen LogP contribution is -2.47. The van der Waals surface area contributed by atoms with Gasteiger partial charge < -0.3 is 24.8 Å². The number of nitrogens with two attached hydrogens (primary N) is 1. The normalized spacial score (nSPS) is 18.6. The van der Waals surface area contributed by atoms with E-state index in [-0.39, 0.29) is 0 Å². The zero-order valence-corrected chi connectivity index (χ0v) is 20.9. The molecule has 2 fully saturated rings. The average Bonchev–Trinajstić information content (AvgIpc) is 3.31. The summed E-state index contributed by atoms with van der Waals surface area (Å²) in [5, 5.41) is 0.937. The summed E-state index contributed by atoms with van der Waals surface area (Å²) >= 11 is 0. The number of hydrogen-bond acceptors (Lipinski definition) is 6. The highest BCUT2D eigenvalue weighted by Crippen LogP contribution is 2.38. The van der Waals surface area contributed by atoms with Gasteiger partial charge in [-0.1, -0.05) is 30.3 Å². The molecule has 6 rings (SSSR count). The molecule has 7 heteroatoms. The number of benzene rings is 2. The van der Waals surface area contributed by atoms with Gasteiger partial charge in [0, 0.05) is 36.9 Å². The largest absolute Gasteiger partial charge is 0.457 e. The molecule has 0 atom stereocenters. The van der Waals surface area contributed by atoms with Gasteiger partial charge in [-0.25, -0.2) is 9.97 Å². The standard InChI is InChI=1S/C29H34N6O/c1-33-15-11-22(12-16-33)34-17-13-23(14-18-34)35-19-26(27-28(30)31-20-32-29(27)35)21-7-9-25(10-8-21)36-24-5-3-2-4-6-24/h2-10,19-20,22-23H,11-18H2,1H3,(H2,30,31,32). The van der Waals surface area contributed by atoms with Crippen LogP contribution in [-0.4, -0.2) is 63.6 Å². The lowest BCUT2D eigenvalue weighted by Gasteiger charge is -2.41. The van der Waals surface area contributed by atoms with E-state index in [0.29, 0.717) is 11.9 Å². The molecule has 0 amide bonds. The second-order valence-electron chi connectivity index (χ2n) is 10.1. The maximum absolute atomic E-state index is 6.40. The summed E-state index contributed by atoms with van der Waals surface area (Å²) in [7, 11) is 2.23. The first kappa shape index (κ1) is 23.0. The Morgan fingerprint density at radius 2 is 1.47 bits per heavy atom. The number of piperidine rings is 2.